The molecule has 1 atom stereocenters. The molecule has 1 saturated heterocycles. The van der Waals surface area contributed by atoms with Gasteiger partial charge in [-0.3, -0.25) is 9.59 Å². The zero-order valence-electron chi connectivity index (χ0n) is 13.3. The van der Waals surface area contributed by atoms with E-state index in [1.54, 1.807) is 12.1 Å². The average molecular weight is 363 g/mol. The highest BCUT2D eigenvalue weighted by Gasteiger charge is 2.39. The molecule has 0 saturated carbocycles. The van der Waals surface area contributed by atoms with Gasteiger partial charge in [0.2, 0.25) is 5.91 Å². The van der Waals surface area contributed by atoms with Gasteiger partial charge in [-0.2, -0.15) is 0 Å². The molecule has 0 radical (unpaired) electrons. The molecule has 6 heteroatoms. The third-order valence-electron chi connectivity index (χ3n) is 4.03. The van der Waals surface area contributed by atoms with E-state index in [9.17, 15) is 9.59 Å². The highest BCUT2D eigenvalue weighted by Crippen LogP contribution is 2.31. The van der Waals surface area contributed by atoms with Gasteiger partial charge in [-0.1, -0.05) is 35.3 Å². The van der Waals surface area contributed by atoms with E-state index in [4.69, 9.17) is 23.2 Å². The maximum absolute atomic E-state index is 12.7. The third kappa shape index (κ3) is 3.12. The van der Waals surface area contributed by atoms with Crippen molar-refractivity contribution in [3.05, 3.63) is 57.6 Å². The summed E-state index contributed by atoms with van der Waals surface area (Å²) < 4.78 is 0. The van der Waals surface area contributed by atoms with Crippen molar-refractivity contribution >= 4 is 46.4 Å². The molecule has 0 unspecified atom stereocenters. The van der Waals surface area contributed by atoms with Gasteiger partial charge in [0.25, 0.3) is 5.91 Å². The lowest BCUT2D eigenvalue weighted by molar-refractivity contribution is -0.121. The number of halogens is 2. The topological polar surface area (TPSA) is 49.4 Å². The van der Waals surface area contributed by atoms with Crippen molar-refractivity contribution < 1.29 is 9.59 Å². The standard InChI is InChI=1S/C18H16Cl2N2O2/c1-10-3-4-11(2)15(7-10)21-16-9-17(23)22(18(16)24)12-5-6-13(19)14(20)8-12/h3-8,16,21H,9H2,1-2H3/t16-/m1/s1. The van der Waals surface area contributed by atoms with E-state index in [0.29, 0.717) is 15.7 Å². The number of imide groups is 1. The van der Waals surface area contributed by atoms with Crippen LogP contribution in [0.15, 0.2) is 36.4 Å². The van der Waals surface area contributed by atoms with Gasteiger partial charge >= 0.3 is 0 Å². The Morgan fingerprint density at radius 2 is 1.79 bits per heavy atom. The molecule has 2 aromatic carbocycles. The van der Waals surface area contributed by atoms with Gasteiger partial charge in [0, 0.05) is 5.69 Å². The van der Waals surface area contributed by atoms with Crippen molar-refractivity contribution in [1.82, 2.24) is 0 Å². The summed E-state index contributed by atoms with van der Waals surface area (Å²) in [7, 11) is 0. The van der Waals surface area contributed by atoms with Crippen LogP contribution in [0.1, 0.15) is 17.5 Å². The molecule has 4 nitrogen and oxygen atoms in total. The molecule has 1 N–H and O–H groups in total. The van der Waals surface area contributed by atoms with Crippen LogP contribution in [0.4, 0.5) is 11.4 Å². The van der Waals surface area contributed by atoms with Crippen LogP contribution in [0.25, 0.3) is 0 Å². The Morgan fingerprint density at radius 1 is 1.04 bits per heavy atom. The van der Waals surface area contributed by atoms with E-state index in [0.717, 1.165) is 21.7 Å². The van der Waals surface area contributed by atoms with Crippen molar-refractivity contribution in [2.45, 2.75) is 26.3 Å². The van der Waals surface area contributed by atoms with E-state index < -0.39 is 6.04 Å². The first-order valence-electron chi connectivity index (χ1n) is 7.52. The maximum atomic E-state index is 12.7. The Hall–Kier alpha value is -2.04. The van der Waals surface area contributed by atoms with Gasteiger partial charge in [-0.25, -0.2) is 4.90 Å². The lowest BCUT2D eigenvalue weighted by Crippen LogP contribution is -2.34. The average Bonchev–Trinajstić information content (AvgIpc) is 2.80. The van der Waals surface area contributed by atoms with Crippen molar-refractivity contribution in [3.8, 4) is 0 Å². The van der Waals surface area contributed by atoms with Gasteiger partial charge in [-0.05, 0) is 49.2 Å². The summed E-state index contributed by atoms with van der Waals surface area (Å²) >= 11 is 11.9. The Kier molecular flexibility index (Phi) is 4.52. The highest BCUT2D eigenvalue weighted by molar-refractivity contribution is 6.42. The number of nitrogens with one attached hydrogen (secondary N) is 1. The molecule has 1 aliphatic rings. The number of rotatable bonds is 3. The smallest absolute Gasteiger partial charge is 0.256 e. The van der Waals surface area contributed by atoms with Gasteiger partial charge < -0.3 is 5.32 Å². The minimum Gasteiger partial charge on any atom is -0.373 e. The van der Waals surface area contributed by atoms with Crippen LogP contribution in [0, 0.1) is 13.8 Å². The summed E-state index contributed by atoms with van der Waals surface area (Å²) in [6.45, 7) is 3.94. The summed E-state index contributed by atoms with van der Waals surface area (Å²) in [6.07, 6.45) is 0.104. The largest absolute Gasteiger partial charge is 0.373 e. The molecule has 0 bridgehead atoms. The van der Waals surface area contributed by atoms with E-state index >= 15 is 0 Å². The summed E-state index contributed by atoms with van der Waals surface area (Å²) in [6, 6.07) is 10.1. The number of benzene rings is 2. The normalized spacial score (nSPS) is 17.5. The zero-order valence-corrected chi connectivity index (χ0v) is 14.8. The molecule has 3 rings (SSSR count). The molecular formula is C18H16Cl2N2O2. The molecule has 1 fully saturated rings. The number of nitrogens with zero attached hydrogens (tertiary/aromatic N) is 1. The van der Waals surface area contributed by atoms with Crippen LogP contribution in [0.2, 0.25) is 10.0 Å². The molecule has 2 amide bonds. The van der Waals surface area contributed by atoms with Crippen molar-refractivity contribution in [1.29, 1.82) is 0 Å². The lowest BCUT2D eigenvalue weighted by Gasteiger charge is -2.17. The van der Waals surface area contributed by atoms with E-state index in [2.05, 4.69) is 5.32 Å². The minimum absolute atomic E-state index is 0.104. The molecule has 0 aliphatic carbocycles. The predicted molar refractivity (Wildman–Crippen MR) is 96.9 cm³/mol. The number of aryl methyl sites for hydroxylation is 2. The summed E-state index contributed by atoms with van der Waals surface area (Å²) in [4.78, 5) is 26.2. The second-order valence-corrected chi connectivity index (χ2v) is 6.70. The number of hydrogen-bond donors (Lipinski definition) is 1. The Morgan fingerprint density at radius 3 is 2.50 bits per heavy atom. The van der Waals surface area contributed by atoms with Crippen molar-refractivity contribution in [3.63, 3.8) is 0 Å². The number of carbonyl (C=O) groups is 2. The number of anilines is 2. The van der Waals surface area contributed by atoms with E-state index in [-0.39, 0.29) is 18.2 Å². The fourth-order valence-corrected chi connectivity index (χ4v) is 3.01. The van der Waals surface area contributed by atoms with Crippen LogP contribution in [-0.4, -0.2) is 17.9 Å². The van der Waals surface area contributed by atoms with Crippen molar-refractivity contribution in [2.24, 2.45) is 0 Å². The van der Waals surface area contributed by atoms with Crippen molar-refractivity contribution in [2.75, 3.05) is 10.2 Å². The number of carbonyl (C=O) groups excluding carboxylic acids is 2. The first kappa shape index (κ1) is 16.8. The van der Waals surface area contributed by atoms with E-state index in [1.165, 1.54) is 6.07 Å². The summed E-state index contributed by atoms with van der Waals surface area (Å²) in [5.74, 6) is -0.555. The first-order chi connectivity index (χ1) is 11.4. The molecule has 1 heterocycles. The second kappa shape index (κ2) is 6.46. The zero-order chi connectivity index (χ0) is 17.4. The molecule has 2 aromatic rings. The Labute approximate surface area is 150 Å². The Balaban J connectivity index is 1.86. The fourth-order valence-electron chi connectivity index (χ4n) is 2.72. The Bertz CT molecular complexity index is 836. The fraction of sp³-hybridized carbons (Fsp3) is 0.222. The molecule has 0 spiro atoms. The van der Waals surface area contributed by atoms with Crippen LogP contribution in [0.5, 0.6) is 0 Å². The lowest BCUT2D eigenvalue weighted by atomic mass is 10.1. The quantitative estimate of drug-likeness (QED) is 0.825. The van der Waals surface area contributed by atoms with Gasteiger partial charge in [0.05, 0.1) is 22.2 Å². The van der Waals surface area contributed by atoms with E-state index in [1.807, 2.05) is 32.0 Å². The maximum Gasteiger partial charge on any atom is 0.256 e. The van der Waals surface area contributed by atoms with Crippen LogP contribution in [0.3, 0.4) is 0 Å². The molecule has 0 aromatic heterocycles. The highest BCUT2D eigenvalue weighted by atomic mass is 35.5. The number of amides is 2. The summed E-state index contributed by atoms with van der Waals surface area (Å²) in [5.41, 5.74) is 3.40. The van der Waals surface area contributed by atoms with Crippen LogP contribution in [-0.2, 0) is 9.59 Å². The number of hydrogen-bond acceptors (Lipinski definition) is 3. The van der Waals surface area contributed by atoms with Crippen LogP contribution < -0.4 is 10.2 Å². The molecule has 24 heavy (non-hydrogen) atoms. The predicted octanol–water partition coefficient (Wildman–Crippen LogP) is 4.35. The van der Waals surface area contributed by atoms with Crippen LogP contribution >= 0.6 is 23.2 Å². The van der Waals surface area contributed by atoms with Gasteiger partial charge in [-0.15, -0.1) is 0 Å². The molecule has 1 aliphatic heterocycles. The van der Waals surface area contributed by atoms with Gasteiger partial charge in [0.1, 0.15) is 6.04 Å². The SMILES string of the molecule is Cc1ccc(C)c(N[C@@H]2CC(=O)N(c3ccc(Cl)c(Cl)c3)C2=O)c1. The third-order valence-corrected chi connectivity index (χ3v) is 4.77. The van der Waals surface area contributed by atoms with Gasteiger partial charge in [0.15, 0.2) is 0 Å². The monoisotopic (exact) mass is 362 g/mol. The minimum atomic E-state index is -0.590. The molecular weight excluding hydrogens is 347 g/mol. The molecule has 124 valence electrons. The second-order valence-electron chi connectivity index (χ2n) is 5.89. The summed E-state index contributed by atoms with van der Waals surface area (Å²) in [5, 5.41) is 3.87. The first-order valence-corrected chi connectivity index (χ1v) is 8.28.